The van der Waals surface area contributed by atoms with Crippen molar-refractivity contribution in [3.05, 3.63) is 108 Å². The summed E-state index contributed by atoms with van der Waals surface area (Å²) >= 11 is 0. The fraction of sp³-hybridized carbons (Fsp3) is 0.143. The summed E-state index contributed by atoms with van der Waals surface area (Å²) in [4.78, 5) is 37.5. The maximum atomic E-state index is 13.5. The highest BCUT2D eigenvalue weighted by atomic mass is 19.1. The molecule has 0 unspecified atom stereocenters. The third-order valence-electron chi connectivity index (χ3n) is 5.52. The minimum atomic E-state index is -0.769. The van der Waals surface area contributed by atoms with E-state index in [1.807, 2.05) is 60.7 Å². The van der Waals surface area contributed by atoms with Gasteiger partial charge in [-0.05, 0) is 55.3 Å². The van der Waals surface area contributed by atoms with Crippen molar-refractivity contribution in [3.63, 3.8) is 0 Å². The Kier molecular flexibility index (Phi) is 7.65. The van der Waals surface area contributed by atoms with Crippen molar-refractivity contribution in [3.8, 4) is 16.9 Å². The minimum absolute atomic E-state index is 0.116. The van der Waals surface area contributed by atoms with E-state index in [1.165, 1.54) is 42.1 Å². The average Bonchev–Trinajstić information content (AvgIpc) is 3.34. The van der Waals surface area contributed by atoms with E-state index in [-0.39, 0.29) is 17.0 Å². The topological polar surface area (TPSA) is 90.3 Å². The second kappa shape index (κ2) is 11.2. The van der Waals surface area contributed by atoms with Gasteiger partial charge in [-0.2, -0.15) is 5.10 Å². The Bertz CT molecular complexity index is 1350. The van der Waals surface area contributed by atoms with Crippen LogP contribution in [0.3, 0.4) is 0 Å². The van der Waals surface area contributed by atoms with Gasteiger partial charge in [-0.25, -0.2) is 13.9 Å². The first-order valence-electron chi connectivity index (χ1n) is 11.3. The number of carbonyl (C=O) groups is 3. The number of nitrogens with zero attached hydrogens (tertiary/aromatic N) is 2. The van der Waals surface area contributed by atoms with Gasteiger partial charge in [0.25, 0.3) is 5.91 Å². The molecule has 0 bridgehead atoms. The van der Waals surface area contributed by atoms with Crippen LogP contribution < -0.4 is 5.32 Å². The third kappa shape index (κ3) is 6.09. The second-order valence-corrected chi connectivity index (χ2v) is 8.17. The summed E-state index contributed by atoms with van der Waals surface area (Å²) < 4.78 is 20.2. The van der Waals surface area contributed by atoms with Gasteiger partial charge in [0.2, 0.25) is 0 Å². The molecule has 0 fully saturated rings. The fourth-order valence-corrected chi connectivity index (χ4v) is 3.65. The van der Waals surface area contributed by atoms with Crippen molar-refractivity contribution in [1.29, 1.82) is 0 Å². The van der Waals surface area contributed by atoms with Gasteiger partial charge in [0.15, 0.2) is 12.4 Å². The number of nitrogens with one attached hydrogen (secondary N) is 1. The monoisotopic (exact) mass is 485 g/mol. The molecule has 1 atom stereocenters. The predicted octanol–water partition coefficient (Wildman–Crippen LogP) is 4.15. The van der Waals surface area contributed by atoms with E-state index < -0.39 is 30.3 Å². The smallest absolute Gasteiger partial charge is 0.342 e. The summed E-state index contributed by atoms with van der Waals surface area (Å²) in [5, 5.41) is 7.12. The summed E-state index contributed by atoms with van der Waals surface area (Å²) in [7, 11) is 0. The van der Waals surface area contributed by atoms with Gasteiger partial charge in [0, 0.05) is 11.8 Å². The van der Waals surface area contributed by atoms with Crippen LogP contribution in [0, 0.1) is 5.82 Å². The number of hydrogen-bond donors (Lipinski definition) is 1. The van der Waals surface area contributed by atoms with Crippen LogP contribution in [0.4, 0.5) is 4.39 Å². The number of Topliss-reactive ketones (excluding diaryl/α,β-unsaturated/α-hetero) is 1. The number of benzene rings is 3. The van der Waals surface area contributed by atoms with Crippen LogP contribution in [-0.2, 0) is 20.7 Å². The Morgan fingerprint density at radius 1 is 0.944 bits per heavy atom. The van der Waals surface area contributed by atoms with Crippen molar-refractivity contribution < 1.29 is 23.5 Å². The lowest BCUT2D eigenvalue weighted by Gasteiger charge is -2.16. The van der Waals surface area contributed by atoms with Crippen LogP contribution in [0.25, 0.3) is 16.9 Å². The molecule has 0 saturated carbocycles. The quantitative estimate of drug-likeness (QED) is 0.360. The molecule has 182 valence electrons. The van der Waals surface area contributed by atoms with Crippen LogP contribution in [0.5, 0.6) is 0 Å². The highest BCUT2D eigenvalue weighted by Crippen LogP contribution is 2.25. The number of para-hydroxylation sites is 1. The first-order valence-corrected chi connectivity index (χ1v) is 11.3. The highest BCUT2D eigenvalue weighted by Gasteiger charge is 2.23. The Morgan fingerprint density at radius 2 is 1.58 bits per heavy atom. The fourth-order valence-electron chi connectivity index (χ4n) is 3.65. The number of ketones is 1. The first-order chi connectivity index (χ1) is 17.4. The average molecular weight is 486 g/mol. The molecule has 1 N–H and O–H groups in total. The lowest BCUT2D eigenvalue weighted by Crippen LogP contribution is -2.43. The molecule has 1 heterocycles. The van der Waals surface area contributed by atoms with Crippen molar-refractivity contribution in [1.82, 2.24) is 15.1 Å². The molecule has 0 saturated heterocycles. The van der Waals surface area contributed by atoms with E-state index in [1.54, 1.807) is 0 Å². The van der Waals surface area contributed by atoms with Crippen LogP contribution in [0.2, 0.25) is 0 Å². The van der Waals surface area contributed by atoms with Crippen molar-refractivity contribution in [2.45, 2.75) is 19.4 Å². The Labute approximate surface area is 207 Å². The number of halogens is 1. The molecule has 7 nitrogen and oxygen atoms in total. The molecule has 0 radical (unpaired) electrons. The van der Waals surface area contributed by atoms with Crippen LogP contribution in [0.1, 0.15) is 22.8 Å². The zero-order valence-electron chi connectivity index (χ0n) is 19.6. The molecule has 0 aliphatic carbocycles. The van der Waals surface area contributed by atoms with Gasteiger partial charge in [-0.15, -0.1) is 0 Å². The van der Waals surface area contributed by atoms with E-state index in [2.05, 4.69) is 10.4 Å². The van der Waals surface area contributed by atoms with Gasteiger partial charge >= 0.3 is 5.97 Å². The minimum Gasteiger partial charge on any atom is -0.452 e. The van der Waals surface area contributed by atoms with Crippen LogP contribution in [-0.4, -0.2) is 40.1 Å². The highest BCUT2D eigenvalue weighted by molar-refractivity contribution is 5.97. The number of esters is 1. The molecule has 4 aromatic rings. The third-order valence-corrected chi connectivity index (χ3v) is 5.52. The molecule has 0 spiro atoms. The van der Waals surface area contributed by atoms with E-state index in [9.17, 15) is 18.8 Å². The lowest BCUT2D eigenvalue weighted by atomic mass is 10.0. The number of aromatic nitrogens is 2. The number of rotatable bonds is 9. The molecule has 4 rings (SSSR count). The normalized spacial score (nSPS) is 11.5. The predicted molar refractivity (Wildman–Crippen MR) is 132 cm³/mol. The van der Waals surface area contributed by atoms with Gasteiger partial charge in [0.1, 0.15) is 17.1 Å². The maximum absolute atomic E-state index is 13.5. The molecule has 3 aromatic carbocycles. The maximum Gasteiger partial charge on any atom is 0.342 e. The standard InChI is InChI=1S/C28H24FN3O4/c1-19(33)25(16-20-8-4-2-5-9-20)30-26(34)18-36-28(35)24-17-32(23-10-6-3-7-11-23)31-27(24)21-12-14-22(29)15-13-21/h2-15,17,25H,16,18H2,1H3,(H,30,34)/t25-/m0/s1. The number of ether oxygens (including phenoxy) is 1. The van der Waals surface area contributed by atoms with E-state index >= 15 is 0 Å². The van der Waals surface area contributed by atoms with Gasteiger partial charge in [-0.3, -0.25) is 9.59 Å². The van der Waals surface area contributed by atoms with Crippen LogP contribution in [0.15, 0.2) is 91.1 Å². The molecule has 8 heteroatoms. The summed E-state index contributed by atoms with van der Waals surface area (Å²) in [6.45, 7) is 0.823. The zero-order chi connectivity index (χ0) is 25.5. The molecule has 0 aliphatic rings. The van der Waals surface area contributed by atoms with Gasteiger partial charge in [-0.1, -0.05) is 48.5 Å². The van der Waals surface area contributed by atoms with Crippen LogP contribution >= 0.6 is 0 Å². The van der Waals surface area contributed by atoms with Crippen molar-refractivity contribution in [2.24, 2.45) is 0 Å². The summed E-state index contributed by atoms with van der Waals surface area (Å²) in [6.07, 6.45) is 1.83. The summed E-state index contributed by atoms with van der Waals surface area (Å²) in [5.74, 6) is -1.99. The Balaban J connectivity index is 1.49. The van der Waals surface area contributed by atoms with E-state index in [0.717, 1.165) is 5.56 Å². The van der Waals surface area contributed by atoms with Crippen molar-refractivity contribution >= 4 is 17.7 Å². The van der Waals surface area contributed by atoms with Gasteiger partial charge < -0.3 is 10.1 Å². The molecule has 1 aromatic heterocycles. The largest absolute Gasteiger partial charge is 0.452 e. The lowest BCUT2D eigenvalue weighted by molar-refractivity contribution is -0.128. The van der Waals surface area contributed by atoms with Gasteiger partial charge in [0.05, 0.1) is 11.7 Å². The summed E-state index contributed by atoms with van der Waals surface area (Å²) in [5.41, 5.74) is 2.53. The Morgan fingerprint density at radius 3 is 2.22 bits per heavy atom. The number of carbonyl (C=O) groups excluding carboxylic acids is 3. The Hall–Kier alpha value is -4.59. The number of hydrogen-bond acceptors (Lipinski definition) is 5. The van der Waals surface area contributed by atoms with E-state index in [0.29, 0.717) is 17.7 Å². The molecular formula is C28H24FN3O4. The summed E-state index contributed by atoms with van der Waals surface area (Å²) in [6, 6.07) is 23.3. The second-order valence-electron chi connectivity index (χ2n) is 8.17. The molecular weight excluding hydrogens is 461 g/mol. The SMILES string of the molecule is CC(=O)[C@H](Cc1ccccc1)NC(=O)COC(=O)c1cn(-c2ccccc2)nc1-c1ccc(F)cc1. The number of amides is 1. The van der Waals surface area contributed by atoms with E-state index in [4.69, 9.17) is 4.74 Å². The molecule has 36 heavy (non-hydrogen) atoms. The molecule has 0 aliphatic heterocycles. The molecule has 1 amide bonds. The first kappa shape index (κ1) is 24.5. The zero-order valence-corrected chi connectivity index (χ0v) is 19.6. The van der Waals surface area contributed by atoms with Crippen molar-refractivity contribution in [2.75, 3.05) is 6.61 Å².